The van der Waals surface area contributed by atoms with Gasteiger partial charge in [0, 0.05) is 19.3 Å². The minimum atomic E-state index is -0.110. The van der Waals surface area contributed by atoms with Gasteiger partial charge in [-0.15, -0.1) is 0 Å². The van der Waals surface area contributed by atoms with E-state index < -0.39 is 0 Å². The predicted molar refractivity (Wildman–Crippen MR) is 87.3 cm³/mol. The smallest absolute Gasteiger partial charge is 0.238 e. The Morgan fingerprint density at radius 3 is 2.64 bits per heavy atom. The Balaban J connectivity index is 1.80. The second-order valence-corrected chi connectivity index (χ2v) is 4.64. The molecule has 0 spiro atoms. The minimum Gasteiger partial charge on any atom is -0.383 e. The Bertz CT molecular complexity index is 572. The van der Waals surface area contributed by atoms with Gasteiger partial charge in [-0.05, 0) is 24.3 Å². The summed E-state index contributed by atoms with van der Waals surface area (Å²) in [6.45, 7) is 1.46. The molecule has 6 heteroatoms. The molecule has 0 fully saturated rings. The zero-order valence-electron chi connectivity index (χ0n) is 12.5. The van der Waals surface area contributed by atoms with E-state index in [1.165, 1.54) is 0 Å². The van der Waals surface area contributed by atoms with Gasteiger partial charge in [0.05, 0.1) is 25.0 Å². The van der Waals surface area contributed by atoms with Gasteiger partial charge in [0.25, 0.3) is 0 Å². The van der Waals surface area contributed by atoms with E-state index in [2.05, 4.69) is 20.9 Å². The second kappa shape index (κ2) is 8.76. The fraction of sp³-hybridized carbons (Fsp3) is 0.250. The Morgan fingerprint density at radius 1 is 1.14 bits per heavy atom. The first-order valence-electron chi connectivity index (χ1n) is 7.05. The lowest BCUT2D eigenvalue weighted by Gasteiger charge is -2.08. The van der Waals surface area contributed by atoms with Gasteiger partial charge >= 0.3 is 0 Å². The molecule has 22 heavy (non-hydrogen) atoms. The molecular weight excluding hydrogens is 280 g/mol. The number of carbonyl (C=O) groups is 1. The molecule has 1 heterocycles. The van der Waals surface area contributed by atoms with Crippen LogP contribution >= 0.6 is 0 Å². The van der Waals surface area contributed by atoms with E-state index >= 15 is 0 Å². The first-order chi connectivity index (χ1) is 10.8. The highest BCUT2D eigenvalue weighted by molar-refractivity contribution is 5.92. The van der Waals surface area contributed by atoms with Crippen LogP contribution in [0.1, 0.15) is 0 Å². The highest BCUT2D eigenvalue weighted by Gasteiger charge is 2.02. The Morgan fingerprint density at radius 2 is 1.95 bits per heavy atom. The maximum absolute atomic E-state index is 11.7. The topological polar surface area (TPSA) is 75.3 Å². The van der Waals surface area contributed by atoms with Crippen molar-refractivity contribution in [3.8, 4) is 0 Å². The minimum absolute atomic E-state index is 0.110. The molecule has 0 atom stereocenters. The van der Waals surface area contributed by atoms with Gasteiger partial charge in [-0.2, -0.15) is 0 Å². The van der Waals surface area contributed by atoms with Gasteiger partial charge < -0.3 is 20.7 Å². The van der Waals surface area contributed by atoms with Crippen LogP contribution < -0.4 is 16.0 Å². The van der Waals surface area contributed by atoms with Crippen LogP contribution in [0.25, 0.3) is 0 Å². The summed E-state index contributed by atoms with van der Waals surface area (Å²) in [7, 11) is 1.62. The van der Waals surface area contributed by atoms with E-state index in [1.54, 1.807) is 13.3 Å². The average molecular weight is 300 g/mol. The van der Waals surface area contributed by atoms with E-state index in [1.807, 2.05) is 42.5 Å². The number of rotatable bonds is 8. The third-order valence-corrected chi connectivity index (χ3v) is 2.86. The number of methoxy groups -OCH3 is 1. The number of aromatic nitrogens is 1. The van der Waals surface area contributed by atoms with Crippen molar-refractivity contribution >= 4 is 23.1 Å². The summed E-state index contributed by atoms with van der Waals surface area (Å²) in [5.74, 6) is 0.615. The first-order valence-corrected chi connectivity index (χ1v) is 7.05. The lowest BCUT2D eigenvalue weighted by Crippen LogP contribution is -2.30. The maximum atomic E-state index is 11.7. The quantitative estimate of drug-likeness (QED) is 0.650. The number of ether oxygens (including phenoxy) is 1. The van der Waals surface area contributed by atoms with Gasteiger partial charge in [0.1, 0.15) is 5.82 Å². The first kappa shape index (κ1) is 15.9. The molecule has 0 bridgehead atoms. The summed E-state index contributed by atoms with van der Waals surface area (Å²) in [5.41, 5.74) is 1.63. The largest absolute Gasteiger partial charge is 0.383 e. The van der Waals surface area contributed by atoms with Crippen molar-refractivity contribution in [3.05, 3.63) is 48.7 Å². The Hall–Kier alpha value is -2.44. The van der Waals surface area contributed by atoms with Crippen LogP contribution in [0, 0.1) is 0 Å². The number of anilines is 3. The summed E-state index contributed by atoms with van der Waals surface area (Å²) < 4.78 is 4.89. The number of amides is 1. The van der Waals surface area contributed by atoms with Crippen molar-refractivity contribution in [1.82, 2.24) is 10.3 Å². The van der Waals surface area contributed by atoms with Crippen molar-refractivity contribution < 1.29 is 9.53 Å². The number of para-hydroxylation sites is 1. The fourth-order valence-electron chi connectivity index (χ4n) is 1.79. The van der Waals surface area contributed by atoms with Crippen LogP contribution in [-0.2, 0) is 9.53 Å². The van der Waals surface area contributed by atoms with Crippen molar-refractivity contribution in [2.45, 2.75) is 0 Å². The van der Waals surface area contributed by atoms with Gasteiger partial charge in [-0.1, -0.05) is 18.2 Å². The van der Waals surface area contributed by atoms with Gasteiger partial charge in [-0.25, -0.2) is 4.98 Å². The van der Waals surface area contributed by atoms with Crippen LogP contribution in [0.5, 0.6) is 0 Å². The third-order valence-electron chi connectivity index (χ3n) is 2.86. The van der Waals surface area contributed by atoms with Crippen molar-refractivity contribution in [1.29, 1.82) is 0 Å². The number of hydrogen-bond acceptors (Lipinski definition) is 5. The molecule has 0 aliphatic carbocycles. The number of hydrogen-bond donors (Lipinski definition) is 3. The number of nitrogens with one attached hydrogen (secondary N) is 3. The molecule has 0 saturated carbocycles. The summed E-state index contributed by atoms with van der Waals surface area (Å²) >= 11 is 0. The standard InChI is InChI=1S/C16H20N4O2/c1-22-10-9-17-12-16(21)20-14-7-8-15(18-11-14)19-13-5-3-2-4-6-13/h2-8,11,17H,9-10,12H2,1H3,(H,18,19)(H,20,21). The van der Waals surface area contributed by atoms with E-state index in [4.69, 9.17) is 4.74 Å². The molecule has 1 aromatic heterocycles. The molecule has 2 rings (SSSR count). The molecular formula is C16H20N4O2. The molecule has 1 amide bonds. The highest BCUT2D eigenvalue weighted by Crippen LogP contribution is 2.15. The summed E-state index contributed by atoms with van der Waals surface area (Å²) in [6.07, 6.45) is 1.62. The summed E-state index contributed by atoms with van der Waals surface area (Å²) in [4.78, 5) is 16.0. The molecule has 116 valence electrons. The van der Waals surface area contributed by atoms with Crippen LogP contribution in [-0.4, -0.2) is 37.7 Å². The number of carbonyl (C=O) groups excluding carboxylic acids is 1. The molecule has 1 aromatic carbocycles. The number of benzene rings is 1. The lowest BCUT2D eigenvalue weighted by molar-refractivity contribution is -0.115. The lowest BCUT2D eigenvalue weighted by atomic mass is 10.3. The van der Waals surface area contributed by atoms with Gasteiger partial charge in [0.15, 0.2) is 0 Å². The number of nitrogens with zero attached hydrogens (tertiary/aromatic N) is 1. The number of pyridine rings is 1. The SMILES string of the molecule is COCCNCC(=O)Nc1ccc(Nc2ccccc2)nc1. The summed E-state index contributed by atoms with van der Waals surface area (Å²) in [5, 5.41) is 8.94. The molecule has 3 N–H and O–H groups in total. The Kier molecular flexibility index (Phi) is 6.35. The van der Waals surface area contributed by atoms with Crippen molar-refractivity contribution in [2.75, 3.05) is 37.4 Å². The second-order valence-electron chi connectivity index (χ2n) is 4.64. The zero-order chi connectivity index (χ0) is 15.6. The zero-order valence-corrected chi connectivity index (χ0v) is 12.5. The van der Waals surface area contributed by atoms with Crippen molar-refractivity contribution in [2.24, 2.45) is 0 Å². The van der Waals surface area contributed by atoms with Crippen LogP contribution in [0.4, 0.5) is 17.2 Å². The third kappa shape index (κ3) is 5.51. The molecule has 0 aliphatic rings. The molecule has 2 aromatic rings. The van der Waals surface area contributed by atoms with E-state index in [9.17, 15) is 4.79 Å². The van der Waals surface area contributed by atoms with Crippen LogP contribution in [0.3, 0.4) is 0 Å². The van der Waals surface area contributed by atoms with Gasteiger partial charge in [-0.3, -0.25) is 4.79 Å². The summed E-state index contributed by atoms with van der Waals surface area (Å²) in [6, 6.07) is 13.4. The normalized spacial score (nSPS) is 10.2. The van der Waals surface area contributed by atoms with E-state index in [0.717, 1.165) is 11.5 Å². The van der Waals surface area contributed by atoms with Crippen molar-refractivity contribution in [3.63, 3.8) is 0 Å². The molecule has 0 radical (unpaired) electrons. The average Bonchev–Trinajstić information content (AvgIpc) is 2.54. The van der Waals surface area contributed by atoms with Crippen LogP contribution in [0.2, 0.25) is 0 Å². The van der Waals surface area contributed by atoms with E-state index in [0.29, 0.717) is 18.8 Å². The maximum Gasteiger partial charge on any atom is 0.238 e. The molecule has 0 aliphatic heterocycles. The van der Waals surface area contributed by atoms with Gasteiger partial charge in [0.2, 0.25) is 5.91 Å². The van der Waals surface area contributed by atoms with E-state index in [-0.39, 0.29) is 12.5 Å². The highest BCUT2D eigenvalue weighted by atomic mass is 16.5. The monoisotopic (exact) mass is 300 g/mol. The molecule has 0 unspecified atom stereocenters. The predicted octanol–water partition coefficient (Wildman–Crippen LogP) is 2.00. The fourth-order valence-corrected chi connectivity index (χ4v) is 1.79. The molecule has 6 nitrogen and oxygen atoms in total. The Labute approximate surface area is 129 Å². The molecule has 0 saturated heterocycles. The van der Waals surface area contributed by atoms with Crippen LogP contribution in [0.15, 0.2) is 48.7 Å².